The second-order valence-electron chi connectivity index (χ2n) is 6.58. The van der Waals surface area contributed by atoms with Crippen molar-refractivity contribution in [1.29, 1.82) is 0 Å². The fraction of sp³-hybridized carbons (Fsp3) is 0.875. The van der Waals surface area contributed by atoms with Crippen LogP contribution < -0.4 is 0 Å². The van der Waals surface area contributed by atoms with Gasteiger partial charge in [-0.1, -0.05) is 5.57 Å². The van der Waals surface area contributed by atoms with E-state index >= 15 is 0 Å². The molecule has 2 aliphatic heterocycles. The van der Waals surface area contributed by atoms with Crippen LogP contribution in [0.1, 0.15) is 40.5 Å². The predicted octanol–water partition coefficient (Wildman–Crippen LogP) is 2.40. The van der Waals surface area contributed by atoms with Gasteiger partial charge in [-0.2, -0.15) is 0 Å². The molecule has 2 saturated heterocycles. The van der Waals surface area contributed by atoms with Crippen LogP contribution >= 0.6 is 0 Å². The fourth-order valence-corrected chi connectivity index (χ4v) is 3.10. The molecule has 0 aromatic carbocycles. The van der Waals surface area contributed by atoms with Gasteiger partial charge in [0, 0.05) is 51.4 Å². The lowest BCUT2D eigenvalue weighted by molar-refractivity contribution is 0.136. The Morgan fingerprint density at radius 3 is 1.68 bits per heavy atom. The summed E-state index contributed by atoms with van der Waals surface area (Å²) in [5, 5.41) is 0. The number of hydrogen-bond acceptors (Lipinski definition) is 3. The summed E-state index contributed by atoms with van der Waals surface area (Å²) in [6.45, 7) is 16.6. The first-order valence-corrected chi connectivity index (χ1v) is 7.98. The Balaban J connectivity index is 1.78. The van der Waals surface area contributed by atoms with E-state index < -0.39 is 0 Å². The third kappa shape index (κ3) is 4.22. The van der Waals surface area contributed by atoms with Gasteiger partial charge in [0.25, 0.3) is 0 Å². The normalized spacial score (nSPS) is 23.5. The van der Waals surface area contributed by atoms with Crippen LogP contribution in [-0.4, -0.2) is 66.1 Å². The van der Waals surface area contributed by atoms with Crippen LogP contribution in [0.25, 0.3) is 0 Å². The number of piperidine rings is 1. The SMILES string of the molecule is CC(C)N1CCC(=CN2CCN(C(C)C)CC2)CC1. The lowest BCUT2D eigenvalue weighted by atomic mass is 10.0. The van der Waals surface area contributed by atoms with Gasteiger partial charge in [0.1, 0.15) is 0 Å². The molecule has 0 spiro atoms. The van der Waals surface area contributed by atoms with Crippen molar-refractivity contribution in [2.45, 2.75) is 52.6 Å². The minimum Gasteiger partial charge on any atom is -0.375 e. The second kappa shape index (κ2) is 6.76. The third-order valence-corrected chi connectivity index (χ3v) is 4.61. The van der Waals surface area contributed by atoms with Crippen molar-refractivity contribution in [2.24, 2.45) is 0 Å². The molecule has 0 aromatic heterocycles. The number of hydrogen-bond donors (Lipinski definition) is 0. The molecule has 0 saturated carbocycles. The van der Waals surface area contributed by atoms with Crippen molar-refractivity contribution in [2.75, 3.05) is 39.3 Å². The highest BCUT2D eigenvalue weighted by Gasteiger charge is 2.19. The van der Waals surface area contributed by atoms with Crippen molar-refractivity contribution in [1.82, 2.24) is 14.7 Å². The zero-order valence-electron chi connectivity index (χ0n) is 13.2. The van der Waals surface area contributed by atoms with Crippen molar-refractivity contribution in [3.05, 3.63) is 11.8 Å². The second-order valence-corrected chi connectivity index (χ2v) is 6.58. The van der Waals surface area contributed by atoms with Gasteiger partial charge >= 0.3 is 0 Å². The van der Waals surface area contributed by atoms with Crippen LogP contribution in [-0.2, 0) is 0 Å². The van der Waals surface area contributed by atoms with Crippen LogP contribution in [0.15, 0.2) is 11.8 Å². The quantitative estimate of drug-likeness (QED) is 0.776. The van der Waals surface area contributed by atoms with Crippen LogP contribution in [0.3, 0.4) is 0 Å². The lowest BCUT2D eigenvalue weighted by Gasteiger charge is -2.38. The van der Waals surface area contributed by atoms with E-state index in [1.54, 1.807) is 5.57 Å². The minimum absolute atomic E-state index is 0.698. The molecular formula is C16H31N3. The zero-order valence-corrected chi connectivity index (χ0v) is 13.2. The van der Waals surface area contributed by atoms with Crippen LogP contribution in [0.2, 0.25) is 0 Å². The predicted molar refractivity (Wildman–Crippen MR) is 82.3 cm³/mol. The van der Waals surface area contributed by atoms with E-state index in [0.717, 1.165) is 0 Å². The smallest absolute Gasteiger partial charge is 0.0300 e. The Hall–Kier alpha value is -0.540. The van der Waals surface area contributed by atoms with Gasteiger partial charge < -0.3 is 9.80 Å². The number of likely N-dealkylation sites (tertiary alicyclic amines) is 1. The summed E-state index contributed by atoms with van der Waals surface area (Å²) >= 11 is 0. The summed E-state index contributed by atoms with van der Waals surface area (Å²) in [7, 11) is 0. The van der Waals surface area contributed by atoms with Crippen LogP contribution in [0, 0.1) is 0 Å². The maximum atomic E-state index is 2.59. The molecule has 19 heavy (non-hydrogen) atoms. The highest BCUT2D eigenvalue weighted by molar-refractivity contribution is 5.06. The van der Waals surface area contributed by atoms with Crippen molar-refractivity contribution in [3.8, 4) is 0 Å². The van der Waals surface area contributed by atoms with Crippen LogP contribution in [0.5, 0.6) is 0 Å². The first kappa shape index (κ1) is 14.9. The topological polar surface area (TPSA) is 9.72 Å². The lowest BCUT2D eigenvalue weighted by Crippen LogP contribution is -2.47. The van der Waals surface area contributed by atoms with E-state index in [1.807, 2.05) is 0 Å². The molecule has 0 radical (unpaired) electrons. The molecular weight excluding hydrogens is 234 g/mol. The molecule has 0 bridgehead atoms. The standard InChI is InChI=1S/C16H31N3/c1-14(2)18-7-5-16(6-8-18)13-17-9-11-19(12-10-17)15(3)4/h13-15H,5-12H2,1-4H3. The van der Waals surface area contributed by atoms with E-state index in [-0.39, 0.29) is 0 Å². The molecule has 0 amide bonds. The Bertz CT molecular complexity index is 291. The summed E-state index contributed by atoms with van der Waals surface area (Å²) in [5.74, 6) is 0. The van der Waals surface area contributed by atoms with Gasteiger partial charge in [0.05, 0.1) is 0 Å². The molecule has 0 aromatic rings. The summed E-state index contributed by atoms with van der Waals surface area (Å²) in [4.78, 5) is 7.71. The third-order valence-electron chi connectivity index (χ3n) is 4.61. The molecule has 3 nitrogen and oxygen atoms in total. The molecule has 2 rings (SSSR count). The Labute approximate surface area is 119 Å². The average Bonchev–Trinajstić information content (AvgIpc) is 2.40. The Morgan fingerprint density at radius 1 is 0.737 bits per heavy atom. The maximum Gasteiger partial charge on any atom is 0.0300 e. The van der Waals surface area contributed by atoms with Gasteiger partial charge in [0.15, 0.2) is 0 Å². The van der Waals surface area contributed by atoms with Gasteiger partial charge in [-0.3, -0.25) is 4.90 Å². The minimum atomic E-state index is 0.698. The summed E-state index contributed by atoms with van der Waals surface area (Å²) in [5.41, 5.74) is 1.66. The molecule has 0 unspecified atom stereocenters. The van der Waals surface area contributed by atoms with E-state index in [1.165, 1.54) is 52.1 Å². The summed E-state index contributed by atoms with van der Waals surface area (Å²) < 4.78 is 0. The van der Waals surface area contributed by atoms with Gasteiger partial charge in [0.2, 0.25) is 0 Å². The maximum absolute atomic E-state index is 2.59. The Kier molecular flexibility index (Phi) is 5.28. The molecule has 2 fully saturated rings. The van der Waals surface area contributed by atoms with Gasteiger partial charge in [-0.15, -0.1) is 0 Å². The monoisotopic (exact) mass is 265 g/mol. The van der Waals surface area contributed by atoms with Crippen LogP contribution in [0.4, 0.5) is 0 Å². The van der Waals surface area contributed by atoms with E-state index in [9.17, 15) is 0 Å². The van der Waals surface area contributed by atoms with E-state index in [2.05, 4.69) is 48.6 Å². The molecule has 0 N–H and O–H groups in total. The average molecular weight is 265 g/mol. The van der Waals surface area contributed by atoms with Crippen molar-refractivity contribution >= 4 is 0 Å². The fourth-order valence-electron chi connectivity index (χ4n) is 3.10. The molecule has 0 atom stereocenters. The van der Waals surface area contributed by atoms with Gasteiger partial charge in [-0.25, -0.2) is 0 Å². The largest absolute Gasteiger partial charge is 0.375 e. The highest BCUT2D eigenvalue weighted by atomic mass is 15.3. The van der Waals surface area contributed by atoms with Crippen molar-refractivity contribution in [3.63, 3.8) is 0 Å². The zero-order chi connectivity index (χ0) is 13.8. The number of piperazine rings is 1. The number of nitrogens with zero attached hydrogens (tertiary/aromatic N) is 3. The van der Waals surface area contributed by atoms with E-state index in [4.69, 9.17) is 0 Å². The highest BCUT2D eigenvalue weighted by Crippen LogP contribution is 2.19. The Morgan fingerprint density at radius 2 is 1.21 bits per heavy atom. The first-order chi connectivity index (χ1) is 9.06. The van der Waals surface area contributed by atoms with Crippen molar-refractivity contribution < 1.29 is 0 Å². The molecule has 0 aliphatic carbocycles. The number of rotatable bonds is 3. The molecule has 2 heterocycles. The molecule has 3 heteroatoms. The van der Waals surface area contributed by atoms with Gasteiger partial charge in [-0.05, 0) is 46.7 Å². The summed E-state index contributed by atoms with van der Waals surface area (Å²) in [6, 6.07) is 1.40. The molecule has 110 valence electrons. The summed E-state index contributed by atoms with van der Waals surface area (Å²) in [6.07, 6.45) is 5.00. The first-order valence-electron chi connectivity index (χ1n) is 7.98. The van der Waals surface area contributed by atoms with E-state index in [0.29, 0.717) is 12.1 Å². The molecule has 2 aliphatic rings.